The Labute approximate surface area is 194 Å². The second-order valence-corrected chi connectivity index (χ2v) is 8.19. The zero-order valence-electron chi connectivity index (χ0n) is 18.1. The lowest BCUT2D eigenvalue weighted by Crippen LogP contribution is -2.43. The number of alkyl halides is 2. The van der Waals surface area contributed by atoms with Gasteiger partial charge in [-0.25, -0.2) is 8.78 Å². The van der Waals surface area contributed by atoms with Crippen LogP contribution in [0.4, 0.5) is 20.2 Å². The van der Waals surface area contributed by atoms with E-state index in [0.29, 0.717) is 5.56 Å². The van der Waals surface area contributed by atoms with E-state index >= 15 is 0 Å². The molecule has 4 rings (SSSR count). The fourth-order valence-electron chi connectivity index (χ4n) is 4.05. The van der Waals surface area contributed by atoms with Crippen molar-refractivity contribution in [2.45, 2.75) is 31.2 Å². The third kappa shape index (κ3) is 4.96. The number of carbonyl (C=O) groups is 3. The number of pyridine rings is 1. The first-order valence-corrected chi connectivity index (χ1v) is 10.7. The molecule has 2 aliphatic rings. The minimum Gasteiger partial charge on any atom is -0.385 e. The van der Waals surface area contributed by atoms with Gasteiger partial charge in [0.15, 0.2) is 0 Å². The molecule has 0 unspecified atom stereocenters. The van der Waals surface area contributed by atoms with Crippen molar-refractivity contribution in [3.05, 3.63) is 53.3 Å². The second kappa shape index (κ2) is 9.43. The van der Waals surface area contributed by atoms with Crippen molar-refractivity contribution in [2.24, 2.45) is 0 Å². The SMILES string of the molecule is N#C[C@@H]1CC(F)(F)CN1C(=O)CNC(=O)c1ccncc1NC(=O)c1ccc2c(c1)CCCN2. The van der Waals surface area contributed by atoms with Crippen LogP contribution in [0.25, 0.3) is 0 Å². The standard InChI is InChI=1S/C23H22F2N6O3/c24-23(25)9-16(10-26)31(13-23)20(32)12-29-22(34)17-5-7-27-11-19(17)30-21(33)15-3-4-18-14(8-15)2-1-6-28-18/h3-5,7-8,11,16,28H,1-2,6,9,12-13H2,(H,29,34)(H,30,33)/t16-/m0/s1. The molecule has 11 heteroatoms. The van der Waals surface area contributed by atoms with Crippen LogP contribution >= 0.6 is 0 Å². The number of aromatic nitrogens is 1. The van der Waals surface area contributed by atoms with Crippen molar-refractivity contribution in [1.29, 1.82) is 5.26 Å². The monoisotopic (exact) mass is 468 g/mol. The summed E-state index contributed by atoms with van der Waals surface area (Å²) in [6, 6.07) is 7.12. The lowest BCUT2D eigenvalue weighted by Gasteiger charge is -2.19. The number of hydrogen-bond donors (Lipinski definition) is 3. The third-order valence-electron chi connectivity index (χ3n) is 5.76. The fraction of sp³-hybridized carbons (Fsp3) is 0.348. The summed E-state index contributed by atoms with van der Waals surface area (Å²) in [5.74, 6) is -5.06. The molecule has 3 N–H and O–H groups in total. The van der Waals surface area contributed by atoms with E-state index in [1.165, 1.54) is 18.5 Å². The zero-order chi connectivity index (χ0) is 24.3. The normalized spacial score (nSPS) is 18.3. The minimum atomic E-state index is -3.14. The summed E-state index contributed by atoms with van der Waals surface area (Å²) in [6.45, 7) is -0.556. The molecule has 9 nitrogen and oxygen atoms in total. The van der Waals surface area contributed by atoms with Gasteiger partial charge in [0, 0.05) is 30.4 Å². The molecule has 0 aliphatic carbocycles. The highest BCUT2D eigenvalue weighted by atomic mass is 19.3. The van der Waals surface area contributed by atoms with Crippen molar-refractivity contribution in [2.75, 3.05) is 30.3 Å². The van der Waals surface area contributed by atoms with Gasteiger partial charge in [-0.1, -0.05) is 0 Å². The summed E-state index contributed by atoms with van der Waals surface area (Å²) in [6.07, 6.45) is 3.75. The van der Waals surface area contributed by atoms with Gasteiger partial charge < -0.3 is 20.9 Å². The molecule has 34 heavy (non-hydrogen) atoms. The van der Waals surface area contributed by atoms with Gasteiger partial charge in [0.05, 0.1) is 36.6 Å². The summed E-state index contributed by atoms with van der Waals surface area (Å²) in [5.41, 5.74) is 2.63. The van der Waals surface area contributed by atoms with E-state index in [1.54, 1.807) is 18.2 Å². The molecular weight excluding hydrogens is 446 g/mol. The van der Waals surface area contributed by atoms with E-state index in [1.807, 2.05) is 6.07 Å². The van der Waals surface area contributed by atoms with E-state index in [-0.39, 0.29) is 11.3 Å². The van der Waals surface area contributed by atoms with Gasteiger partial charge >= 0.3 is 0 Å². The Morgan fingerprint density at radius 2 is 2.09 bits per heavy atom. The number of benzene rings is 1. The first-order valence-electron chi connectivity index (χ1n) is 10.7. The van der Waals surface area contributed by atoms with Gasteiger partial charge in [-0.3, -0.25) is 19.4 Å². The van der Waals surface area contributed by atoms with Crippen molar-refractivity contribution in [3.8, 4) is 6.07 Å². The average Bonchev–Trinajstić information content (AvgIpc) is 3.17. The Morgan fingerprint density at radius 3 is 2.88 bits per heavy atom. The van der Waals surface area contributed by atoms with Crippen molar-refractivity contribution in [3.63, 3.8) is 0 Å². The summed E-state index contributed by atoms with van der Waals surface area (Å²) < 4.78 is 27.2. The Hall–Kier alpha value is -4.07. The van der Waals surface area contributed by atoms with Gasteiger partial charge in [-0.05, 0) is 42.7 Å². The summed E-state index contributed by atoms with van der Waals surface area (Å²) in [4.78, 5) is 42.5. The van der Waals surface area contributed by atoms with Crippen LogP contribution in [0.3, 0.4) is 0 Å². The van der Waals surface area contributed by atoms with Crippen LogP contribution < -0.4 is 16.0 Å². The van der Waals surface area contributed by atoms with Crippen LogP contribution in [0.15, 0.2) is 36.7 Å². The summed E-state index contributed by atoms with van der Waals surface area (Å²) >= 11 is 0. The molecule has 2 aliphatic heterocycles. The topological polar surface area (TPSA) is 127 Å². The van der Waals surface area contributed by atoms with Crippen molar-refractivity contribution in [1.82, 2.24) is 15.2 Å². The quantitative estimate of drug-likeness (QED) is 0.617. The van der Waals surface area contributed by atoms with Crippen LogP contribution in [0.1, 0.15) is 39.1 Å². The van der Waals surface area contributed by atoms with Crippen molar-refractivity contribution >= 4 is 29.1 Å². The predicted octanol–water partition coefficient (Wildman–Crippen LogP) is 2.18. The molecule has 1 saturated heterocycles. The van der Waals surface area contributed by atoms with Crippen LogP contribution in [0.2, 0.25) is 0 Å². The molecule has 0 spiro atoms. The molecule has 1 aromatic carbocycles. The summed E-state index contributed by atoms with van der Waals surface area (Å²) in [7, 11) is 0. The highest BCUT2D eigenvalue weighted by Gasteiger charge is 2.47. The first-order chi connectivity index (χ1) is 16.3. The smallest absolute Gasteiger partial charge is 0.268 e. The number of nitriles is 1. The van der Waals surface area contributed by atoms with E-state index in [2.05, 4.69) is 20.9 Å². The van der Waals surface area contributed by atoms with Crippen molar-refractivity contribution < 1.29 is 23.2 Å². The predicted molar refractivity (Wildman–Crippen MR) is 118 cm³/mol. The number of nitrogens with zero attached hydrogens (tertiary/aromatic N) is 3. The van der Waals surface area contributed by atoms with Gasteiger partial charge in [-0.2, -0.15) is 5.26 Å². The van der Waals surface area contributed by atoms with E-state index < -0.39 is 49.2 Å². The molecule has 0 bridgehead atoms. The average molecular weight is 468 g/mol. The Kier molecular flexibility index (Phi) is 6.40. The van der Waals surface area contributed by atoms with Crippen LogP contribution in [0.5, 0.6) is 0 Å². The highest BCUT2D eigenvalue weighted by Crippen LogP contribution is 2.31. The molecular formula is C23H22F2N6O3. The number of rotatable bonds is 5. The largest absolute Gasteiger partial charge is 0.385 e. The fourth-order valence-corrected chi connectivity index (χ4v) is 4.05. The Morgan fingerprint density at radius 1 is 1.26 bits per heavy atom. The van der Waals surface area contributed by atoms with E-state index in [4.69, 9.17) is 5.26 Å². The maximum atomic E-state index is 13.6. The molecule has 0 saturated carbocycles. The maximum absolute atomic E-state index is 13.6. The molecule has 3 heterocycles. The van der Waals surface area contributed by atoms with Gasteiger partial charge in [0.1, 0.15) is 6.04 Å². The summed E-state index contributed by atoms with van der Waals surface area (Å²) in [5, 5.41) is 17.3. The molecule has 3 amide bonds. The van der Waals surface area contributed by atoms with Gasteiger partial charge in [-0.15, -0.1) is 0 Å². The number of hydrogen-bond acceptors (Lipinski definition) is 6. The number of aryl methyl sites for hydroxylation is 1. The number of fused-ring (bicyclic) bond motifs is 1. The lowest BCUT2D eigenvalue weighted by atomic mass is 10.0. The Bertz CT molecular complexity index is 1180. The third-order valence-corrected chi connectivity index (χ3v) is 5.76. The molecule has 1 atom stereocenters. The number of carbonyl (C=O) groups excluding carboxylic acids is 3. The minimum absolute atomic E-state index is 0.0550. The number of halogens is 2. The van der Waals surface area contributed by atoms with E-state index in [0.717, 1.165) is 35.5 Å². The molecule has 1 fully saturated rings. The molecule has 0 radical (unpaired) electrons. The Balaban J connectivity index is 1.42. The first kappa shape index (κ1) is 23.1. The number of likely N-dealkylation sites (tertiary alicyclic amines) is 1. The lowest BCUT2D eigenvalue weighted by molar-refractivity contribution is -0.131. The molecule has 176 valence electrons. The molecule has 1 aromatic heterocycles. The highest BCUT2D eigenvalue weighted by molar-refractivity contribution is 6.09. The second-order valence-electron chi connectivity index (χ2n) is 8.19. The number of anilines is 2. The van der Waals surface area contributed by atoms with Gasteiger partial charge in [0.2, 0.25) is 5.91 Å². The number of nitrogens with one attached hydrogen (secondary N) is 3. The van der Waals surface area contributed by atoms with Crippen LogP contribution in [-0.4, -0.2) is 59.2 Å². The van der Waals surface area contributed by atoms with Crippen LogP contribution in [-0.2, 0) is 11.2 Å². The zero-order valence-corrected chi connectivity index (χ0v) is 18.1. The molecule has 2 aromatic rings. The van der Waals surface area contributed by atoms with E-state index in [9.17, 15) is 23.2 Å². The maximum Gasteiger partial charge on any atom is 0.268 e. The van der Waals surface area contributed by atoms with Crippen LogP contribution in [0, 0.1) is 11.3 Å². The van der Waals surface area contributed by atoms with Gasteiger partial charge in [0.25, 0.3) is 17.7 Å². The number of amides is 3.